The van der Waals surface area contributed by atoms with Gasteiger partial charge in [-0.25, -0.2) is 9.38 Å². The van der Waals surface area contributed by atoms with Crippen molar-refractivity contribution in [2.24, 2.45) is 0 Å². The second kappa shape index (κ2) is 8.67. The highest BCUT2D eigenvalue weighted by Gasteiger charge is 2.30. The number of amides is 1. The van der Waals surface area contributed by atoms with Crippen LogP contribution in [-0.2, 0) is 9.53 Å². The van der Waals surface area contributed by atoms with E-state index in [-0.39, 0.29) is 18.6 Å². The Morgan fingerprint density at radius 3 is 2.58 bits per heavy atom. The number of piperazine rings is 1. The number of fused-ring (bicyclic) bond motifs is 3. The van der Waals surface area contributed by atoms with Crippen molar-refractivity contribution < 1.29 is 14.3 Å². The second-order valence-electron chi connectivity index (χ2n) is 8.16. The van der Waals surface area contributed by atoms with E-state index in [4.69, 9.17) is 14.5 Å². The normalized spacial score (nSPS) is 16.5. The number of para-hydroxylation sites is 1. The summed E-state index contributed by atoms with van der Waals surface area (Å²) in [5.74, 6) is 2.27. The molecule has 1 unspecified atom stereocenters. The van der Waals surface area contributed by atoms with Gasteiger partial charge in [0.25, 0.3) is 0 Å². The van der Waals surface area contributed by atoms with Gasteiger partial charge in [-0.2, -0.15) is 0 Å². The molecule has 0 saturated carbocycles. The molecular weight excluding hydrogens is 420 g/mol. The predicted octanol–water partition coefficient (Wildman–Crippen LogP) is 2.64. The van der Waals surface area contributed by atoms with Gasteiger partial charge in [0.05, 0.1) is 12.6 Å². The Hall–Kier alpha value is -3.72. The largest absolute Gasteiger partial charge is 0.497 e. The lowest BCUT2D eigenvalue weighted by molar-refractivity contribution is -0.137. The SMILES string of the molecule is COCC(=O)N1CCN(c2nc3ccccc3c3nnc(-c4ccc(OC)cc4)n23)CC1C. The van der Waals surface area contributed by atoms with Crippen molar-refractivity contribution in [1.29, 1.82) is 0 Å². The molecule has 3 heterocycles. The molecule has 0 radical (unpaired) electrons. The summed E-state index contributed by atoms with van der Waals surface area (Å²) in [6, 6.07) is 15.7. The zero-order chi connectivity index (χ0) is 22.9. The van der Waals surface area contributed by atoms with Gasteiger partial charge in [0.1, 0.15) is 12.4 Å². The number of carbonyl (C=O) groups is 1. The van der Waals surface area contributed by atoms with Crippen molar-refractivity contribution in [3.63, 3.8) is 0 Å². The molecule has 9 nitrogen and oxygen atoms in total. The molecule has 1 saturated heterocycles. The molecule has 1 amide bonds. The molecule has 1 atom stereocenters. The summed E-state index contributed by atoms with van der Waals surface area (Å²) in [5.41, 5.74) is 2.54. The lowest BCUT2D eigenvalue weighted by Crippen LogP contribution is -2.55. The van der Waals surface area contributed by atoms with Crippen LogP contribution in [0.25, 0.3) is 27.9 Å². The number of rotatable bonds is 5. The first-order chi connectivity index (χ1) is 16.1. The molecule has 4 aromatic rings. The van der Waals surface area contributed by atoms with Crippen LogP contribution in [0.5, 0.6) is 5.75 Å². The molecule has 0 bridgehead atoms. The van der Waals surface area contributed by atoms with Crippen LogP contribution in [0.1, 0.15) is 6.92 Å². The third-order valence-corrected chi connectivity index (χ3v) is 6.08. The smallest absolute Gasteiger partial charge is 0.248 e. The maximum Gasteiger partial charge on any atom is 0.248 e. The Kier molecular flexibility index (Phi) is 5.55. The lowest BCUT2D eigenvalue weighted by atomic mass is 10.2. The Morgan fingerprint density at radius 2 is 1.85 bits per heavy atom. The Balaban J connectivity index is 1.61. The third-order valence-electron chi connectivity index (χ3n) is 6.08. The number of nitrogens with zero attached hydrogens (tertiary/aromatic N) is 6. The van der Waals surface area contributed by atoms with E-state index in [1.54, 1.807) is 14.2 Å². The third kappa shape index (κ3) is 3.74. The topological polar surface area (TPSA) is 85.1 Å². The van der Waals surface area contributed by atoms with Gasteiger partial charge in [-0.15, -0.1) is 10.2 Å². The molecule has 0 N–H and O–H groups in total. The van der Waals surface area contributed by atoms with E-state index in [0.29, 0.717) is 25.5 Å². The van der Waals surface area contributed by atoms with Crippen molar-refractivity contribution in [2.75, 3.05) is 45.4 Å². The molecule has 33 heavy (non-hydrogen) atoms. The molecule has 9 heteroatoms. The van der Waals surface area contributed by atoms with Crippen LogP contribution in [-0.4, -0.2) is 76.9 Å². The number of carbonyl (C=O) groups excluding carboxylic acids is 1. The molecule has 2 aromatic heterocycles. The summed E-state index contributed by atoms with van der Waals surface area (Å²) < 4.78 is 12.4. The monoisotopic (exact) mass is 446 g/mol. The number of hydrogen-bond acceptors (Lipinski definition) is 7. The van der Waals surface area contributed by atoms with Gasteiger partial charge in [0, 0.05) is 43.7 Å². The fraction of sp³-hybridized carbons (Fsp3) is 0.333. The van der Waals surface area contributed by atoms with Crippen LogP contribution in [0.3, 0.4) is 0 Å². The lowest BCUT2D eigenvalue weighted by Gasteiger charge is -2.40. The number of methoxy groups -OCH3 is 2. The molecule has 1 aliphatic heterocycles. The van der Waals surface area contributed by atoms with Gasteiger partial charge in [0.2, 0.25) is 11.9 Å². The molecule has 1 fully saturated rings. The Morgan fingerprint density at radius 1 is 1.06 bits per heavy atom. The minimum atomic E-state index is 0.00415. The zero-order valence-electron chi connectivity index (χ0n) is 18.9. The second-order valence-corrected chi connectivity index (χ2v) is 8.16. The molecule has 170 valence electrons. The van der Waals surface area contributed by atoms with Crippen molar-refractivity contribution in [2.45, 2.75) is 13.0 Å². The van der Waals surface area contributed by atoms with Gasteiger partial charge in [0.15, 0.2) is 11.5 Å². The van der Waals surface area contributed by atoms with Crippen LogP contribution >= 0.6 is 0 Å². The summed E-state index contributed by atoms with van der Waals surface area (Å²) in [4.78, 5) is 21.5. The Labute approximate surface area is 191 Å². The minimum Gasteiger partial charge on any atom is -0.497 e. The van der Waals surface area contributed by atoms with Crippen molar-refractivity contribution in [1.82, 2.24) is 24.5 Å². The molecule has 0 aliphatic carbocycles. The van der Waals surface area contributed by atoms with Gasteiger partial charge in [-0.1, -0.05) is 12.1 Å². The Bertz CT molecular complexity index is 1300. The fourth-order valence-electron chi connectivity index (χ4n) is 4.42. The van der Waals surface area contributed by atoms with Crippen LogP contribution in [0.2, 0.25) is 0 Å². The predicted molar refractivity (Wildman–Crippen MR) is 126 cm³/mol. The number of ether oxygens (including phenoxy) is 2. The van der Waals surface area contributed by atoms with Crippen molar-refractivity contribution in [3.8, 4) is 17.1 Å². The first kappa shape index (κ1) is 21.1. The van der Waals surface area contributed by atoms with Crippen molar-refractivity contribution in [3.05, 3.63) is 48.5 Å². The summed E-state index contributed by atoms with van der Waals surface area (Å²) in [6.45, 7) is 4.04. The van der Waals surface area contributed by atoms with Crippen LogP contribution in [0.15, 0.2) is 48.5 Å². The number of benzene rings is 2. The van der Waals surface area contributed by atoms with E-state index in [1.807, 2.05) is 57.8 Å². The quantitative estimate of drug-likeness (QED) is 0.466. The van der Waals surface area contributed by atoms with Crippen LogP contribution < -0.4 is 9.64 Å². The summed E-state index contributed by atoms with van der Waals surface area (Å²) in [7, 11) is 3.19. The van der Waals surface area contributed by atoms with Crippen LogP contribution in [0, 0.1) is 0 Å². The highest BCUT2D eigenvalue weighted by atomic mass is 16.5. The van der Waals surface area contributed by atoms with Gasteiger partial charge >= 0.3 is 0 Å². The van der Waals surface area contributed by atoms with E-state index in [0.717, 1.165) is 33.8 Å². The highest BCUT2D eigenvalue weighted by molar-refractivity contribution is 5.93. The first-order valence-electron chi connectivity index (χ1n) is 10.9. The molecule has 0 spiro atoms. The van der Waals surface area contributed by atoms with E-state index in [1.165, 1.54) is 0 Å². The molecule has 1 aliphatic rings. The number of hydrogen-bond donors (Lipinski definition) is 0. The fourth-order valence-corrected chi connectivity index (χ4v) is 4.42. The standard InChI is InChI=1S/C24H26N6O3/c1-16-14-28(12-13-29(16)21(31)15-32-2)24-25-20-7-5-4-6-19(20)23-27-26-22(30(23)24)17-8-10-18(33-3)11-9-17/h4-11,16H,12-15H2,1-3H3. The average molecular weight is 447 g/mol. The minimum absolute atomic E-state index is 0.00415. The van der Waals surface area contributed by atoms with Crippen molar-refractivity contribution >= 4 is 28.4 Å². The van der Waals surface area contributed by atoms with Gasteiger partial charge < -0.3 is 19.3 Å². The van der Waals surface area contributed by atoms with Gasteiger partial charge in [-0.05, 0) is 43.3 Å². The molecule has 2 aromatic carbocycles. The summed E-state index contributed by atoms with van der Waals surface area (Å²) in [5, 5.41) is 10.0. The maximum atomic E-state index is 12.4. The van der Waals surface area contributed by atoms with Crippen LogP contribution in [0.4, 0.5) is 5.95 Å². The summed E-state index contributed by atoms with van der Waals surface area (Å²) in [6.07, 6.45) is 0. The highest BCUT2D eigenvalue weighted by Crippen LogP contribution is 2.30. The molecule has 5 rings (SSSR count). The van der Waals surface area contributed by atoms with E-state index >= 15 is 0 Å². The van der Waals surface area contributed by atoms with Gasteiger partial charge in [-0.3, -0.25) is 4.79 Å². The molecular formula is C24H26N6O3. The number of aromatic nitrogens is 4. The van der Waals surface area contributed by atoms with E-state index < -0.39 is 0 Å². The number of anilines is 1. The first-order valence-corrected chi connectivity index (χ1v) is 10.9. The zero-order valence-corrected chi connectivity index (χ0v) is 18.9. The maximum absolute atomic E-state index is 12.4. The average Bonchev–Trinajstić information content (AvgIpc) is 3.29. The van der Waals surface area contributed by atoms with E-state index in [9.17, 15) is 4.79 Å². The summed E-state index contributed by atoms with van der Waals surface area (Å²) >= 11 is 0. The van der Waals surface area contributed by atoms with E-state index in [2.05, 4.69) is 22.0 Å².